The lowest BCUT2D eigenvalue weighted by molar-refractivity contribution is 0.163. The first-order valence-corrected chi connectivity index (χ1v) is 5.57. The van der Waals surface area contributed by atoms with E-state index in [9.17, 15) is 5.11 Å². The molecule has 0 aromatic heterocycles. The minimum atomic E-state index is -0.303. The SMILES string of the molecule is CC1=C(c2ccccc2)[C@H](O)[C@@H](C)[C@H]1C. The van der Waals surface area contributed by atoms with Crippen molar-refractivity contribution < 1.29 is 5.11 Å². The van der Waals surface area contributed by atoms with Gasteiger partial charge in [0.15, 0.2) is 0 Å². The summed E-state index contributed by atoms with van der Waals surface area (Å²) in [6.07, 6.45) is -0.303. The minimum absolute atomic E-state index is 0.303. The monoisotopic (exact) mass is 202 g/mol. The fraction of sp³-hybridized carbons (Fsp3) is 0.429. The number of benzene rings is 1. The summed E-state index contributed by atoms with van der Waals surface area (Å²) in [5.41, 5.74) is 3.63. The van der Waals surface area contributed by atoms with Crippen molar-refractivity contribution in [3.63, 3.8) is 0 Å². The van der Waals surface area contributed by atoms with Crippen LogP contribution in [0.4, 0.5) is 0 Å². The summed E-state index contributed by atoms with van der Waals surface area (Å²) in [6.45, 7) is 6.45. The highest BCUT2D eigenvalue weighted by molar-refractivity contribution is 5.74. The molecule has 1 aromatic carbocycles. The maximum absolute atomic E-state index is 10.2. The molecule has 1 heteroatoms. The second-order valence-corrected chi connectivity index (χ2v) is 4.56. The summed E-state index contributed by atoms with van der Waals surface area (Å²) in [5.74, 6) is 0.815. The highest BCUT2D eigenvalue weighted by atomic mass is 16.3. The van der Waals surface area contributed by atoms with Gasteiger partial charge in [0.2, 0.25) is 0 Å². The average Bonchev–Trinajstić information content (AvgIpc) is 2.45. The highest BCUT2D eigenvalue weighted by Crippen LogP contribution is 2.41. The van der Waals surface area contributed by atoms with Gasteiger partial charge in [-0.2, -0.15) is 0 Å². The predicted octanol–water partition coefficient (Wildman–Crippen LogP) is 3.11. The Balaban J connectivity index is 2.45. The van der Waals surface area contributed by atoms with Crippen molar-refractivity contribution >= 4 is 5.57 Å². The summed E-state index contributed by atoms with van der Waals surface area (Å²) >= 11 is 0. The summed E-state index contributed by atoms with van der Waals surface area (Å²) in [7, 11) is 0. The van der Waals surface area contributed by atoms with E-state index in [4.69, 9.17) is 0 Å². The van der Waals surface area contributed by atoms with Crippen molar-refractivity contribution in [2.24, 2.45) is 11.8 Å². The molecule has 0 saturated carbocycles. The van der Waals surface area contributed by atoms with Crippen LogP contribution in [0.1, 0.15) is 26.3 Å². The molecular formula is C14H18O. The molecule has 15 heavy (non-hydrogen) atoms. The van der Waals surface area contributed by atoms with Crippen molar-refractivity contribution in [3.05, 3.63) is 41.5 Å². The van der Waals surface area contributed by atoms with E-state index in [1.165, 1.54) is 11.1 Å². The molecule has 1 aliphatic carbocycles. The molecule has 80 valence electrons. The normalized spacial score (nSPS) is 31.1. The molecule has 1 aliphatic rings. The highest BCUT2D eigenvalue weighted by Gasteiger charge is 2.34. The molecule has 3 atom stereocenters. The Labute approximate surface area is 91.4 Å². The van der Waals surface area contributed by atoms with E-state index in [1.807, 2.05) is 18.2 Å². The van der Waals surface area contributed by atoms with Crippen LogP contribution in [0.5, 0.6) is 0 Å². The van der Waals surface area contributed by atoms with Gasteiger partial charge >= 0.3 is 0 Å². The molecule has 0 saturated heterocycles. The fourth-order valence-corrected chi connectivity index (χ4v) is 2.43. The Morgan fingerprint density at radius 2 is 1.67 bits per heavy atom. The molecule has 1 aromatic rings. The van der Waals surface area contributed by atoms with E-state index in [0.717, 1.165) is 5.57 Å². The first-order chi connectivity index (χ1) is 7.13. The lowest BCUT2D eigenvalue weighted by Gasteiger charge is -2.15. The van der Waals surface area contributed by atoms with Gasteiger partial charge in [-0.3, -0.25) is 0 Å². The molecule has 0 bridgehead atoms. The van der Waals surface area contributed by atoms with Crippen LogP contribution in [0.2, 0.25) is 0 Å². The molecule has 0 radical (unpaired) electrons. The Kier molecular flexibility index (Phi) is 2.66. The van der Waals surface area contributed by atoms with E-state index in [1.54, 1.807) is 0 Å². The zero-order valence-corrected chi connectivity index (χ0v) is 9.57. The molecule has 0 unspecified atom stereocenters. The number of allylic oxidation sites excluding steroid dienone is 1. The molecule has 0 spiro atoms. The van der Waals surface area contributed by atoms with Gasteiger partial charge in [0, 0.05) is 0 Å². The van der Waals surface area contributed by atoms with Gasteiger partial charge in [0.05, 0.1) is 6.10 Å². The third kappa shape index (κ3) is 1.61. The molecule has 1 N–H and O–H groups in total. The van der Waals surface area contributed by atoms with Crippen molar-refractivity contribution in [1.29, 1.82) is 0 Å². The van der Waals surface area contributed by atoms with Crippen molar-refractivity contribution in [2.45, 2.75) is 26.9 Å². The molecule has 0 heterocycles. The van der Waals surface area contributed by atoms with Crippen molar-refractivity contribution in [2.75, 3.05) is 0 Å². The number of hydrogen-bond donors (Lipinski definition) is 1. The van der Waals surface area contributed by atoms with Crippen molar-refractivity contribution in [3.8, 4) is 0 Å². The predicted molar refractivity (Wildman–Crippen MR) is 63.4 cm³/mol. The average molecular weight is 202 g/mol. The second kappa shape index (κ2) is 3.82. The lowest BCUT2D eigenvalue weighted by atomic mass is 9.94. The molecule has 2 rings (SSSR count). The zero-order valence-electron chi connectivity index (χ0n) is 9.57. The molecule has 0 fully saturated rings. The Bertz CT molecular complexity index is 378. The largest absolute Gasteiger partial charge is 0.388 e. The maximum atomic E-state index is 10.2. The Morgan fingerprint density at radius 3 is 2.13 bits per heavy atom. The standard InChI is InChI=1S/C14H18O/c1-9-10(2)13(14(15)11(9)3)12-7-5-4-6-8-12/h4-9,11,14-15H,1-3H3/t9-,11-,14+/m0/s1. The first-order valence-electron chi connectivity index (χ1n) is 5.57. The van der Waals surface area contributed by atoms with Crippen LogP contribution in [0.25, 0.3) is 5.57 Å². The van der Waals surface area contributed by atoms with Crippen LogP contribution in [-0.2, 0) is 0 Å². The van der Waals surface area contributed by atoms with Crippen molar-refractivity contribution in [1.82, 2.24) is 0 Å². The van der Waals surface area contributed by atoms with Gasteiger partial charge in [0.25, 0.3) is 0 Å². The van der Waals surface area contributed by atoms with Gasteiger partial charge < -0.3 is 5.11 Å². The topological polar surface area (TPSA) is 20.2 Å². The second-order valence-electron chi connectivity index (χ2n) is 4.56. The third-order valence-corrected chi connectivity index (χ3v) is 3.78. The van der Waals surface area contributed by atoms with Crippen LogP contribution < -0.4 is 0 Å². The van der Waals surface area contributed by atoms with Crippen LogP contribution in [0.15, 0.2) is 35.9 Å². The van der Waals surface area contributed by atoms with E-state index in [0.29, 0.717) is 11.8 Å². The Morgan fingerprint density at radius 1 is 1.07 bits per heavy atom. The summed E-state index contributed by atoms with van der Waals surface area (Å²) in [4.78, 5) is 0. The first kappa shape index (κ1) is 10.4. The summed E-state index contributed by atoms with van der Waals surface area (Å²) in [6, 6.07) is 10.2. The van der Waals surface area contributed by atoms with Gasteiger partial charge in [-0.25, -0.2) is 0 Å². The number of aliphatic hydroxyl groups excluding tert-OH is 1. The zero-order chi connectivity index (χ0) is 11.0. The van der Waals surface area contributed by atoms with Crippen LogP contribution in [-0.4, -0.2) is 11.2 Å². The summed E-state index contributed by atoms with van der Waals surface area (Å²) < 4.78 is 0. The number of hydrogen-bond acceptors (Lipinski definition) is 1. The molecular weight excluding hydrogens is 184 g/mol. The number of rotatable bonds is 1. The lowest BCUT2D eigenvalue weighted by Crippen LogP contribution is -2.17. The molecule has 0 aliphatic heterocycles. The Hall–Kier alpha value is -1.08. The minimum Gasteiger partial charge on any atom is -0.388 e. The smallest absolute Gasteiger partial charge is 0.0826 e. The maximum Gasteiger partial charge on any atom is 0.0826 e. The summed E-state index contributed by atoms with van der Waals surface area (Å²) in [5, 5.41) is 10.2. The third-order valence-electron chi connectivity index (χ3n) is 3.78. The van der Waals surface area contributed by atoms with Crippen LogP contribution in [0, 0.1) is 11.8 Å². The quantitative estimate of drug-likeness (QED) is 0.742. The van der Waals surface area contributed by atoms with E-state index < -0.39 is 0 Å². The van der Waals surface area contributed by atoms with Gasteiger partial charge in [-0.05, 0) is 29.9 Å². The van der Waals surface area contributed by atoms with E-state index >= 15 is 0 Å². The van der Waals surface area contributed by atoms with Crippen LogP contribution >= 0.6 is 0 Å². The molecule has 1 nitrogen and oxygen atoms in total. The van der Waals surface area contributed by atoms with Gasteiger partial charge in [-0.1, -0.05) is 49.8 Å². The van der Waals surface area contributed by atoms with Gasteiger partial charge in [0.1, 0.15) is 0 Å². The fourth-order valence-electron chi connectivity index (χ4n) is 2.43. The van der Waals surface area contributed by atoms with E-state index in [-0.39, 0.29) is 6.10 Å². The van der Waals surface area contributed by atoms with E-state index in [2.05, 4.69) is 32.9 Å². The van der Waals surface area contributed by atoms with Crippen LogP contribution in [0.3, 0.4) is 0 Å². The van der Waals surface area contributed by atoms with Gasteiger partial charge in [-0.15, -0.1) is 0 Å². The molecule has 0 amide bonds. The number of aliphatic hydroxyl groups is 1.